The molecule has 138 valence electrons. The number of halogens is 1. The number of carbonyl (C=O) groups excluding carboxylic acids is 1. The summed E-state index contributed by atoms with van der Waals surface area (Å²) < 4.78 is 5.22. The van der Waals surface area contributed by atoms with Gasteiger partial charge < -0.3 is 20.5 Å². The predicted octanol–water partition coefficient (Wildman–Crippen LogP) is 2.47. The molecule has 1 aromatic heterocycles. The minimum atomic E-state index is -1.00. The molecule has 24 heavy (non-hydrogen) atoms. The van der Waals surface area contributed by atoms with Gasteiger partial charge in [0.05, 0.1) is 6.54 Å². The Hall–Kier alpha value is -0.870. The molecule has 6 nitrogen and oxygen atoms in total. The Morgan fingerprint density at radius 3 is 2.50 bits per heavy atom. The smallest absolute Gasteiger partial charge is 0.328 e. The van der Waals surface area contributed by atoms with Crippen LogP contribution in [0.1, 0.15) is 39.5 Å². The van der Waals surface area contributed by atoms with Crippen molar-refractivity contribution in [3.63, 3.8) is 0 Å². The summed E-state index contributed by atoms with van der Waals surface area (Å²) >= 11 is 1.50. The molecule has 0 fully saturated rings. The highest BCUT2D eigenvalue weighted by Crippen LogP contribution is 2.24. The fourth-order valence-electron chi connectivity index (χ4n) is 1.79. The van der Waals surface area contributed by atoms with Crippen LogP contribution in [0, 0.1) is 0 Å². The third-order valence-electron chi connectivity index (χ3n) is 2.78. The maximum atomic E-state index is 11.7. The highest BCUT2D eigenvalue weighted by atomic mass is 127. The summed E-state index contributed by atoms with van der Waals surface area (Å²) in [5, 5.41) is 18.5. The summed E-state index contributed by atoms with van der Waals surface area (Å²) in [7, 11) is 0. The lowest BCUT2D eigenvalue weighted by atomic mass is 10.1. The van der Waals surface area contributed by atoms with Crippen LogP contribution in [-0.2, 0) is 15.1 Å². The van der Waals surface area contributed by atoms with Crippen LogP contribution in [0.2, 0.25) is 0 Å². The van der Waals surface area contributed by atoms with Crippen LogP contribution >= 0.6 is 35.3 Å². The summed E-state index contributed by atoms with van der Waals surface area (Å²) in [5.74, 6) is 0.0786. The number of aliphatic imine (C=N–C) groups is 1. The van der Waals surface area contributed by atoms with E-state index in [0.29, 0.717) is 12.5 Å². The summed E-state index contributed by atoms with van der Waals surface area (Å²) in [6.07, 6.45) is 0. The van der Waals surface area contributed by atoms with Gasteiger partial charge in [-0.05, 0) is 46.1 Å². The largest absolute Gasteiger partial charge is 0.459 e. The van der Waals surface area contributed by atoms with Crippen LogP contribution in [0.25, 0.3) is 0 Å². The Morgan fingerprint density at radius 2 is 2.00 bits per heavy atom. The number of guanidine groups is 1. The van der Waals surface area contributed by atoms with Gasteiger partial charge in [0.25, 0.3) is 0 Å². The molecule has 1 rings (SSSR count). The number of nitrogens with one attached hydrogen (secondary N) is 2. The standard InChI is InChI=1S/C16H27N3O3S.HI/c1-6-17-14(18-10-13(20)22-15(2,3)4)19-11-16(5,21)12-8-7-9-23-12;/h7-9,21H,6,10-11H2,1-5H3,(H2,17,18,19);1H. The molecule has 1 aromatic rings. The molecule has 1 unspecified atom stereocenters. The number of ether oxygens (including phenoxy) is 1. The Labute approximate surface area is 165 Å². The maximum Gasteiger partial charge on any atom is 0.328 e. The number of hydrogen-bond donors (Lipinski definition) is 3. The van der Waals surface area contributed by atoms with Gasteiger partial charge >= 0.3 is 5.97 Å². The normalized spacial score (nSPS) is 14.3. The second kappa shape index (κ2) is 10.2. The van der Waals surface area contributed by atoms with Gasteiger partial charge in [0.15, 0.2) is 5.96 Å². The van der Waals surface area contributed by atoms with E-state index < -0.39 is 11.2 Å². The molecule has 0 radical (unpaired) electrons. The van der Waals surface area contributed by atoms with Gasteiger partial charge in [-0.2, -0.15) is 0 Å². The first-order chi connectivity index (χ1) is 10.6. The van der Waals surface area contributed by atoms with E-state index >= 15 is 0 Å². The molecule has 0 aliphatic rings. The molecule has 0 amide bonds. The van der Waals surface area contributed by atoms with Gasteiger partial charge in [0.1, 0.15) is 17.7 Å². The SMILES string of the molecule is CCNC(=NCC(=O)OC(C)(C)C)NCC(C)(O)c1cccs1.I. The van der Waals surface area contributed by atoms with Crippen LogP contribution in [0.4, 0.5) is 0 Å². The zero-order valence-electron chi connectivity index (χ0n) is 14.9. The van der Waals surface area contributed by atoms with Gasteiger partial charge in [0.2, 0.25) is 0 Å². The highest BCUT2D eigenvalue weighted by molar-refractivity contribution is 14.0. The van der Waals surface area contributed by atoms with Crippen LogP contribution in [-0.4, -0.2) is 42.3 Å². The zero-order valence-corrected chi connectivity index (χ0v) is 18.0. The van der Waals surface area contributed by atoms with Crippen molar-refractivity contribution >= 4 is 47.2 Å². The lowest BCUT2D eigenvalue weighted by molar-refractivity contribution is -0.152. The van der Waals surface area contributed by atoms with E-state index in [2.05, 4.69) is 15.6 Å². The van der Waals surface area contributed by atoms with Crippen molar-refractivity contribution < 1.29 is 14.6 Å². The fourth-order valence-corrected chi connectivity index (χ4v) is 2.57. The Kier molecular flexibility index (Phi) is 9.83. The first-order valence-corrected chi connectivity index (χ1v) is 8.52. The number of thiophene rings is 1. The minimum absolute atomic E-state index is 0. The van der Waals surface area contributed by atoms with Crippen molar-refractivity contribution in [1.29, 1.82) is 0 Å². The fraction of sp³-hybridized carbons (Fsp3) is 0.625. The van der Waals surface area contributed by atoms with Crippen LogP contribution in [0.3, 0.4) is 0 Å². The van der Waals surface area contributed by atoms with Crippen molar-refractivity contribution in [2.45, 2.75) is 45.8 Å². The topological polar surface area (TPSA) is 83.0 Å². The predicted molar refractivity (Wildman–Crippen MR) is 109 cm³/mol. The molecule has 8 heteroatoms. The van der Waals surface area contributed by atoms with Crippen molar-refractivity contribution in [2.75, 3.05) is 19.6 Å². The van der Waals surface area contributed by atoms with Crippen molar-refractivity contribution in [1.82, 2.24) is 10.6 Å². The second-order valence-electron chi connectivity index (χ2n) is 6.39. The monoisotopic (exact) mass is 469 g/mol. The van der Waals surface area contributed by atoms with Crippen LogP contribution in [0.15, 0.2) is 22.5 Å². The average Bonchev–Trinajstić information content (AvgIpc) is 2.95. The zero-order chi connectivity index (χ0) is 17.5. The van der Waals surface area contributed by atoms with E-state index in [4.69, 9.17) is 4.74 Å². The molecular formula is C16H28IN3O3S. The molecule has 0 saturated carbocycles. The molecule has 1 atom stereocenters. The third-order valence-corrected chi connectivity index (χ3v) is 3.91. The summed E-state index contributed by atoms with van der Waals surface area (Å²) in [4.78, 5) is 16.8. The molecular weight excluding hydrogens is 441 g/mol. The first-order valence-electron chi connectivity index (χ1n) is 7.64. The lowest BCUT2D eigenvalue weighted by Crippen LogP contribution is -2.44. The van der Waals surface area contributed by atoms with Crippen LogP contribution < -0.4 is 10.6 Å². The van der Waals surface area contributed by atoms with Crippen molar-refractivity contribution in [3.05, 3.63) is 22.4 Å². The Morgan fingerprint density at radius 1 is 1.33 bits per heavy atom. The van der Waals surface area contributed by atoms with Gasteiger partial charge in [-0.25, -0.2) is 4.99 Å². The summed E-state index contributed by atoms with van der Waals surface area (Å²) in [5.41, 5.74) is -1.53. The molecule has 0 spiro atoms. The molecule has 0 aliphatic heterocycles. The van der Waals surface area contributed by atoms with E-state index in [1.54, 1.807) is 6.92 Å². The lowest BCUT2D eigenvalue weighted by Gasteiger charge is -2.24. The minimum Gasteiger partial charge on any atom is -0.459 e. The summed E-state index contributed by atoms with van der Waals surface area (Å²) in [6.45, 7) is 9.98. The average molecular weight is 469 g/mol. The van der Waals surface area contributed by atoms with Gasteiger partial charge in [-0.15, -0.1) is 35.3 Å². The molecule has 0 aromatic carbocycles. The number of rotatable bonds is 6. The maximum absolute atomic E-state index is 11.7. The molecule has 0 aliphatic carbocycles. The number of carbonyl (C=O) groups is 1. The first kappa shape index (κ1) is 23.1. The van der Waals surface area contributed by atoms with E-state index in [-0.39, 0.29) is 43.0 Å². The second-order valence-corrected chi connectivity index (χ2v) is 7.33. The Bertz CT molecular complexity index is 525. The Balaban J connectivity index is 0.00000529. The van der Waals surface area contributed by atoms with Crippen molar-refractivity contribution in [3.8, 4) is 0 Å². The van der Waals surface area contributed by atoms with Gasteiger partial charge in [-0.3, -0.25) is 4.79 Å². The van der Waals surface area contributed by atoms with E-state index in [0.717, 1.165) is 4.88 Å². The molecule has 0 saturated heterocycles. The van der Waals surface area contributed by atoms with Crippen molar-refractivity contribution in [2.24, 2.45) is 4.99 Å². The highest BCUT2D eigenvalue weighted by Gasteiger charge is 2.24. The van der Waals surface area contributed by atoms with Crippen LogP contribution in [0.5, 0.6) is 0 Å². The number of nitrogens with zero attached hydrogens (tertiary/aromatic N) is 1. The van der Waals surface area contributed by atoms with Gasteiger partial charge in [0, 0.05) is 11.4 Å². The van der Waals surface area contributed by atoms with E-state index in [9.17, 15) is 9.90 Å². The number of hydrogen-bond acceptors (Lipinski definition) is 5. The third kappa shape index (κ3) is 8.84. The summed E-state index contributed by atoms with van der Waals surface area (Å²) in [6, 6.07) is 3.79. The van der Waals surface area contributed by atoms with Gasteiger partial charge in [-0.1, -0.05) is 6.07 Å². The van der Waals surface area contributed by atoms with E-state index in [1.165, 1.54) is 11.3 Å². The molecule has 0 bridgehead atoms. The number of esters is 1. The molecule has 1 heterocycles. The quantitative estimate of drug-likeness (QED) is 0.258. The number of aliphatic hydroxyl groups is 1. The molecule has 3 N–H and O–H groups in total. The van der Waals surface area contributed by atoms with E-state index in [1.807, 2.05) is 45.2 Å².